The molecule has 114 valence electrons. The standard InChI is InChI=1S/C14H11ClN2O5/c1-5-2-3-6(4-7(5)15)8-9(13(19)20)11(16)17-12(18)10(8)14(21)22/h2-4H,1H3,(H,19,20)(H,21,22)(H3,16,17,18). The van der Waals surface area contributed by atoms with Gasteiger partial charge in [0.1, 0.15) is 16.9 Å². The molecule has 0 unspecified atom stereocenters. The second kappa shape index (κ2) is 5.53. The lowest BCUT2D eigenvalue weighted by Gasteiger charge is -2.12. The van der Waals surface area contributed by atoms with Crippen LogP contribution in [0.2, 0.25) is 5.02 Å². The van der Waals surface area contributed by atoms with Crippen LogP contribution >= 0.6 is 11.6 Å². The highest BCUT2D eigenvalue weighted by molar-refractivity contribution is 6.31. The molecule has 0 atom stereocenters. The number of carboxylic acids is 2. The van der Waals surface area contributed by atoms with E-state index in [2.05, 4.69) is 0 Å². The van der Waals surface area contributed by atoms with Crippen molar-refractivity contribution >= 4 is 29.4 Å². The number of H-pyrrole nitrogens is 1. The van der Waals surface area contributed by atoms with Crippen molar-refractivity contribution in [3.05, 3.63) is 50.3 Å². The summed E-state index contributed by atoms with van der Waals surface area (Å²) >= 11 is 6.00. The maximum absolute atomic E-state index is 11.9. The van der Waals surface area contributed by atoms with Crippen LogP contribution in [-0.2, 0) is 0 Å². The smallest absolute Gasteiger partial charge is 0.342 e. The molecular weight excluding hydrogens is 312 g/mol. The number of carbonyl (C=O) groups is 2. The van der Waals surface area contributed by atoms with Crippen LogP contribution in [-0.4, -0.2) is 27.1 Å². The van der Waals surface area contributed by atoms with E-state index in [0.29, 0.717) is 5.02 Å². The lowest BCUT2D eigenvalue weighted by Crippen LogP contribution is -2.24. The highest BCUT2D eigenvalue weighted by Crippen LogP contribution is 2.31. The van der Waals surface area contributed by atoms with Crippen molar-refractivity contribution < 1.29 is 19.8 Å². The van der Waals surface area contributed by atoms with Crippen LogP contribution in [0.15, 0.2) is 23.0 Å². The fourth-order valence-electron chi connectivity index (χ4n) is 2.08. The van der Waals surface area contributed by atoms with Crippen LogP contribution in [0.3, 0.4) is 0 Å². The Balaban J connectivity index is 2.98. The summed E-state index contributed by atoms with van der Waals surface area (Å²) in [6, 6.07) is 4.46. The predicted molar refractivity (Wildman–Crippen MR) is 80.6 cm³/mol. The van der Waals surface area contributed by atoms with E-state index in [-0.39, 0.29) is 11.1 Å². The molecule has 8 heteroatoms. The zero-order valence-electron chi connectivity index (χ0n) is 11.3. The van der Waals surface area contributed by atoms with Crippen LogP contribution in [0.25, 0.3) is 11.1 Å². The number of benzene rings is 1. The van der Waals surface area contributed by atoms with E-state index in [4.69, 9.17) is 17.3 Å². The Morgan fingerprint density at radius 1 is 1.18 bits per heavy atom. The monoisotopic (exact) mass is 322 g/mol. The van der Waals surface area contributed by atoms with E-state index < -0.39 is 34.4 Å². The molecule has 0 amide bonds. The summed E-state index contributed by atoms with van der Waals surface area (Å²) in [5.41, 5.74) is 3.99. The van der Waals surface area contributed by atoms with Gasteiger partial charge in [0, 0.05) is 10.6 Å². The number of hydrogen-bond acceptors (Lipinski definition) is 4. The Morgan fingerprint density at radius 2 is 1.77 bits per heavy atom. The summed E-state index contributed by atoms with van der Waals surface area (Å²) in [4.78, 5) is 36.7. The molecule has 2 rings (SSSR count). The van der Waals surface area contributed by atoms with Crippen molar-refractivity contribution in [1.29, 1.82) is 0 Å². The van der Waals surface area contributed by atoms with Crippen LogP contribution in [0.4, 0.5) is 5.82 Å². The molecule has 1 heterocycles. The highest BCUT2D eigenvalue weighted by Gasteiger charge is 2.26. The Morgan fingerprint density at radius 3 is 2.27 bits per heavy atom. The van der Waals surface area contributed by atoms with Gasteiger partial charge in [0.2, 0.25) is 0 Å². The quantitative estimate of drug-likeness (QED) is 0.682. The minimum Gasteiger partial charge on any atom is -0.478 e. The maximum Gasteiger partial charge on any atom is 0.342 e. The Bertz CT molecular complexity index is 857. The number of nitrogens with two attached hydrogens (primary N) is 1. The van der Waals surface area contributed by atoms with Crippen molar-refractivity contribution in [3.8, 4) is 11.1 Å². The van der Waals surface area contributed by atoms with E-state index >= 15 is 0 Å². The van der Waals surface area contributed by atoms with Crippen LogP contribution < -0.4 is 11.3 Å². The molecule has 0 saturated heterocycles. The zero-order chi connectivity index (χ0) is 16.6. The number of aromatic carboxylic acids is 2. The van der Waals surface area contributed by atoms with Gasteiger partial charge in [-0.15, -0.1) is 0 Å². The maximum atomic E-state index is 11.9. The summed E-state index contributed by atoms with van der Waals surface area (Å²) in [6.45, 7) is 1.73. The second-order valence-corrected chi connectivity index (χ2v) is 4.97. The number of carboxylic acid groups (broad SMARTS) is 2. The van der Waals surface area contributed by atoms with E-state index in [1.54, 1.807) is 13.0 Å². The molecule has 7 nitrogen and oxygen atoms in total. The summed E-state index contributed by atoms with van der Waals surface area (Å²) < 4.78 is 0. The first kappa shape index (κ1) is 15.6. The largest absolute Gasteiger partial charge is 0.478 e. The van der Waals surface area contributed by atoms with Gasteiger partial charge in [-0.25, -0.2) is 9.59 Å². The third-order valence-corrected chi connectivity index (χ3v) is 3.54. The molecule has 0 aliphatic carbocycles. The molecule has 5 N–H and O–H groups in total. The average molecular weight is 323 g/mol. The SMILES string of the molecule is Cc1ccc(-c2c(C(=O)O)c(N)[nH]c(=O)c2C(=O)O)cc1Cl. The number of aryl methyl sites for hydroxylation is 1. The number of nitrogen functional groups attached to an aromatic ring is 1. The van der Waals surface area contributed by atoms with Gasteiger partial charge in [-0.05, 0) is 24.1 Å². The van der Waals surface area contributed by atoms with E-state index in [1.807, 2.05) is 4.98 Å². The lowest BCUT2D eigenvalue weighted by atomic mass is 9.95. The number of pyridine rings is 1. The molecule has 0 spiro atoms. The van der Waals surface area contributed by atoms with Crippen LogP contribution in [0, 0.1) is 6.92 Å². The minimum atomic E-state index is -1.56. The van der Waals surface area contributed by atoms with Gasteiger partial charge in [0.25, 0.3) is 5.56 Å². The predicted octanol–water partition coefficient (Wildman–Crippen LogP) is 1.98. The fraction of sp³-hybridized carbons (Fsp3) is 0.0714. The van der Waals surface area contributed by atoms with Gasteiger partial charge in [-0.2, -0.15) is 0 Å². The number of rotatable bonds is 3. The molecule has 0 saturated carbocycles. The van der Waals surface area contributed by atoms with Gasteiger partial charge >= 0.3 is 11.9 Å². The van der Waals surface area contributed by atoms with Crippen molar-refractivity contribution in [1.82, 2.24) is 4.98 Å². The Kier molecular flexibility index (Phi) is 3.92. The third-order valence-electron chi connectivity index (χ3n) is 3.13. The zero-order valence-corrected chi connectivity index (χ0v) is 12.1. The number of aromatic nitrogens is 1. The van der Waals surface area contributed by atoms with Gasteiger partial charge in [0.15, 0.2) is 0 Å². The molecule has 22 heavy (non-hydrogen) atoms. The van der Waals surface area contributed by atoms with Gasteiger partial charge in [0.05, 0.1) is 0 Å². The lowest BCUT2D eigenvalue weighted by molar-refractivity contribution is 0.0695. The molecule has 1 aromatic carbocycles. The average Bonchev–Trinajstić information content (AvgIpc) is 2.39. The summed E-state index contributed by atoms with van der Waals surface area (Å²) in [5, 5.41) is 18.9. The number of halogens is 1. The van der Waals surface area contributed by atoms with Crippen LogP contribution in [0.1, 0.15) is 26.3 Å². The summed E-state index contributed by atoms with van der Waals surface area (Å²) in [6.07, 6.45) is 0. The van der Waals surface area contributed by atoms with Gasteiger partial charge < -0.3 is 20.9 Å². The van der Waals surface area contributed by atoms with Crippen molar-refractivity contribution in [2.24, 2.45) is 0 Å². The molecule has 0 aliphatic rings. The summed E-state index contributed by atoms with van der Waals surface area (Å²) in [7, 11) is 0. The number of aromatic amines is 1. The first-order chi connectivity index (χ1) is 10.2. The van der Waals surface area contributed by atoms with Crippen molar-refractivity contribution in [3.63, 3.8) is 0 Å². The van der Waals surface area contributed by atoms with E-state index in [1.165, 1.54) is 12.1 Å². The molecule has 0 aliphatic heterocycles. The number of nitrogens with one attached hydrogen (secondary N) is 1. The normalized spacial score (nSPS) is 10.5. The second-order valence-electron chi connectivity index (χ2n) is 4.57. The summed E-state index contributed by atoms with van der Waals surface area (Å²) in [5.74, 6) is -3.44. The molecule has 1 aromatic heterocycles. The van der Waals surface area contributed by atoms with Gasteiger partial charge in [-0.3, -0.25) is 4.79 Å². The van der Waals surface area contributed by atoms with Gasteiger partial charge in [-0.1, -0.05) is 23.7 Å². The number of anilines is 1. The van der Waals surface area contributed by atoms with E-state index in [0.717, 1.165) is 5.56 Å². The molecular formula is C14H11ClN2O5. The van der Waals surface area contributed by atoms with E-state index in [9.17, 15) is 24.6 Å². The van der Waals surface area contributed by atoms with Crippen molar-refractivity contribution in [2.75, 3.05) is 5.73 Å². The Labute approximate surface area is 129 Å². The molecule has 0 fully saturated rings. The number of hydrogen-bond donors (Lipinski definition) is 4. The Hall–Kier alpha value is -2.80. The molecule has 0 radical (unpaired) electrons. The first-order valence-electron chi connectivity index (χ1n) is 6.03. The topological polar surface area (TPSA) is 133 Å². The highest BCUT2D eigenvalue weighted by atomic mass is 35.5. The fourth-order valence-corrected chi connectivity index (χ4v) is 2.26. The third kappa shape index (κ3) is 2.53. The van der Waals surface area contributed by atoms with Crippen molar-refractivity contribution in [2.45, 2.75) is 6.92 Å². The van der Waals surface area contributed by atoms with Crippen LogP contribution in [0.5, 0.6) is 0 Å². The first-order valence-corrected chi connectivity index (χ1v) is 6.40. The minimum absolute atomic E-state index is 0.184. The molecule has 0 bridgehead atoms. The molecule has 2 aromatic rings.